The zero-order valence-electron chi connectivity index (χ0n) is 8.64. The average molecular weight is 187 g/mol. The first-order valence-corrected chi connectivity index (χ1v) is 4.69. The van der Waals surface area contributed by atoms with E-state index in [-0.39, 0.29) is 5.43 Å². The SMILES string of the molecule is Cc1cc(=O)c2ccc(C)c(C)c2[nH]1. The van der Waals surface area contributed by atoms with E-state index in [0.29, 0.717) is 0 Å². The van der Waals surface area contributed by atoms with Crippen LogP contribution in [0.4, 0.5) is 0 Å². The minimum absolute atomic E-state index is 0.0966. The number of rotatable bonds is 0. The summed E-state index contributed by atoms with van der Waals surface area (Å²) in [6.07, 6.45) is 0. The Morgan fingerprint density at radius 1 is 1.14 bits per heavy atom. The zero-order chi connectivity index (χ0) is 10.3. The minimum Gasteiger partial charge on any atom is -0.358 e. The van der Waals surface area contributed by atoms with Gasteiger partial charge in [-0.2, -0.15) is 0 Å². The van der Waals surface area contributed by atoms with Gasteiger partial charge in [0.1, 0.15) is 0 Å². The van der Waals surface area contributed by atoms with Crippen molar-refractivity contribution in [3.63, 3.8) is 0 Å². The molecule has 1 N–H and O–H groups in total. The van der Waals surface area contributed by atoms with Crippen molar-refractivity contribution in [3.8, 4) is 0 Å². The maximum Gasteiger partial charge on any atom is 0.189 e. The van der Waals surface area contributed by atoms with E-state index >= 15 is 0 Å². The molecule has 0 saturated carbocycles. The molecule has 0 atom stereocenters. The van der Waals surface area contributed by atoms with Gasteiger partial charge in [0.05, 0.1) is 5.52 Å². The molecule has 0 aliphatic heterocycles. The molecule has 2 nitrogen and oxygen atoms in total. The largest absolute Gasteiger partial charge is 0.358 e. The van der Waals surface area contributed by atoms with E-state index in [0.717, 1.165) is 22.2 Å². The molecule has 14 heavy (non-hydrogen) atoms. The highest BCUT2D eigenvalue weighted by Crippen LogP contribution is 2.16. The Labute approximate surface area is 82.6 Å². The van der Waals surface area contributed by atoms with Crippen LogP contribution in [0.5, 0.6) is 0 Å². The van der Waals surface area contributed by atoms with E-state index in [1.54, 1.807) is 6.07 Å². The number of benzene rings is 1. The highest BCUT2D eigenvalue weighted by atomic mass is 16.1. The van der Waals surface area contributed by atoms with Gasteiger partial charge in [-0.3, -0.25) is 4.79 Å². The predicted octanol–water partition coefficient (Wildman–Crippen LogP) is 2.45. The van der Waals surface area contributed by atoms with Gasteiger partial charge in [-0.05, 0) is 38.0 Å². The fourth-order valence-corrected chi connectivity index (χ4v) is 1.69. The molecule has 0 unspecified atom stereocenters. The van der Waals surface area contributed by atoms with Crippen molar-refractivity contribution in [1.29, 1.82) is 0 Å². The Morgan fingerprint density at radius 3 is 2.57 bits per heavy atom. The van der Waals surface area contributed by atoms with Crippen molar-refractivity contribution in [1.82, 2.24) is 4.98 Å². The van der Waals surface area contributed by atoms with Gasteiger partial charge in [0.15, 0.2) is 5.43 Å². The molecule has 0 fully saturated rings. The summed E-state index contributed by atoms with van der Waals surface area (Å²) in [5.41, 5.74) is 4.34. The number of aromatic amines is 1. The number of nitrogens with one attached hydrogen (secondary N) is 1. The summed E-state index contributed by atoms with van der Waals surface area (Å²) in [6, 6.07) is 5.51. The Bertz CT molecular complexity index is 552. The van der Waals surface area contributed by atoms with Crippen LogP contribution in [0.15, 0.2) is 23.0 Å². The number of H-pyrrole nitrogens is 1. The zero-order valence-corrected chi connectivity index (χ0v) is 8.64. The lowest BCUT2D eigenvalue weighted by Crippen LogP contribution is -2.04. The summed E-state index contributed by atoms with van der Waals surface area (Å²) in [6.45, 7) is 5.99. The van der Waals surface area contributed by atoms with Gasteiger partial charge in [0, 0.05) is 17.1 Å². The molecule has 0 saturated heterocycles. The fraction of sp³-hybridized carbons (Fsp3) is 0.250. The van der Waals surface area contributed by atoms with Crippen molar-refractivity contribution in [2.24, 2.45) is 0 Å². The van der Waals surface area contributed by atoms with Gasteiger partial charge in [-0.25, -0.2) is 0 Å². The molecular weight excluding hydrogens is 174 g/mol. The standard InChI is InChI=1S/C12H13NO/c1-7-4-5-10-11(14)6-8(2)13-12(10)9(7)3/h4-6H,1-3H3,(H,13,14). The quantitative estimate of drug-likeness (QED) is 0.675. The number of aromatic nitrogens is 1. The number of fused-ring (bicyclic) bond motifs is 1. The number of aryl methyl sites for hydroxylation is 3. The lowest BCUT2D eigenvalue weighted by atomic mass is 10.0. The van der Waals surface area contributed by atoms with Crippen molar-refractivity contribution in [2.75, 3.05) is 0 Å². The highest BCUT2D eigenvalue weighted by Gasteiger charge is 2.03. The summed E-state index contributed by atoms with van der Waals surface area (Å²) in [5.74, 6) is 0. The van der Waals surface area contributed by atoms with Gasteiger partial charge in [0.2, 0.25) is 0 Å². The average Bonchev–Trinajstić information content (AvgIpc) is 2.12. The van der Waals surface area contributed by atoms with E-state index in [1.807, 2.05) is 26.0 Å². The van der Waals surface area contributed by atoms with Crippen molar-refractivity contribution in [2.45, 2.75) is 20.8 Å². The first kappa shape index (κ1) is 9.00. The van der Waals surface area contributed by atoms with E-state index in [4.69, 9.17) is 0 Å². The molecule has 0 bridgehead atoms. The summed E-state index contributed by atoms with van der Waals surface area (Å²) < 4.78 is 0. The van der Waals surface area contributed by atoms with E-state index in [2.05, 4.69) is 11.9 Å². The third-order valence-electron chi connectivity index (χ3n) is 2.67. The molecule has 72 valence electrons. The van der Waals surface area contributed by atoms with Crippen LogP contribution in [0.1, 0.15) is 16.8 Å². The van der Waals surface area contributed by atoms with Crippen LogP contribution in [0.2, 0.25) is 0 Å². The highest BCUT2D eigenvalue weighted by molar-refractivity contribution is 5.82. The molecule has 0 radical (unpaired) electrons. The second kappa shape index (κ2) is 2.98. The summed E-state index contributed by atoms with van der Waals surface area (Å²) >= 11 is 0. The molecule has 0 spiro atoms. The van der Waals surface area contributed by atoms with Crippen LogP contribution in [0.3, 0.4) is 0 Å². The molecule has 1 aromatic heterocycles. The van der Waals surface area contributed by atoms with Crippen molar-refractivity contribution in [3.05, 3.63) is 45.2 Å². The van der Waals surface area contributed by atoms with Gasteiger partial charge in [-0.15, -0.1) is 0 Å². The summed E-state index contributed by atoms with van der Waals surface area (Å²) in [5, 5.41) is 0.777. The van der Waals surface area contributed by atoms with Crippen LogP contribution < -0.4 is 5.43 Å². The van der Waals surface area contributed by atoms with Gasteiger partial charge in [0.25, 0.3) is 0 Å². The molecule has 0 aliphatic rings. The normalized spacial score (nSPS) is 10.8. The first-order valence-electron chi connectivity index (χ1n) is 4.69. The van der Waals surface area contributed by atoms with E-state index in [1.165, 1.54) is 5.56 Å². The van der Waals surface area contributed by atoms with E-state index < -0.39 is 0 Å². The van der Waals surface area contributed by atoms with E-state index in [9.17, 15) is 4.79 Å². The van der Waals surface area contributed by atoms with Crippen LogP contribution in [-0.2, 0) is 0 Å². The molecule has 2 heteroatoms. The van der Waals surface area contributed by atoms with Crippen LogP contribution in [-0.4, -0.2) is 4.98 Å². The lowest BCUT2D eigenvalue weighted by Gasteiger charge is -2.06. The predicted molar refractivity (Wildman–Crippen MR) is 58.8 cm³/mol. The second-order valence-electron chi connectivity index (χ2n) is 3.75. The maximum atomic E-state index is 11.6. The van der Waals surface area contributed by atoms with Gasteiger partial charge >= 0.3 is 0 Å². The number of hydrogen-bond donors (Lipinski definition) is 1. The molecular formula is C12H13NO. The summed E-state index contributed by atoms with van der Waals surface area (Å²) in [4.78, 5) is 14.9. The van der Waals surface area contributed by atoms with Crippen LogP contribution in [0.25, 0.3) is 10.9 Å². The Kier molecular flexibility index (Phi) is 1.92. The Hall–Kier alpha value is -1.57. The lowest BCUT2D eigenvalue weighted by molar-refractivity contribution is 1.22. The van der Waals surface area contributed by atoms with Crippen molar-refractivity contribution < 1.29 is 0 Å². The van der Waals surface area contributed by atoms with Crippen LogP contribution in [0, 0.1) is 20.8 Å². The van der Waals surface area contributed by atoms with Gasteiger partial charge < -0.3 is 4.98 Å². The third kappa shape index (κ3) is 1.23. The van der Waals surface area contributed by atoms with Gasteiger partial charge in [-0.1, -0.05) is 6.07 Å². The molecule has 2 rings (SSSR count). The fourth-order valence-electron chi connectivity index (χ4n) is 1.69. The minimum atomic E-state index is 0.0966. The molecule has 1 heterocycles. The van der Waals surface area contributed by atoms with Crippen molar-refractivity contribution >= 4 is 10.9 Å². The first-order chi connectivity index (χ1) is 6.59. The second-order valence-corrected chi connectivity index (χ2v) is 3.75. The number of pyridine rings is 1. The molecule has 2 aromatic rings. The third-order valence-corrected chi connectivity index (χ3v) is 2.67. The Balaban J connectivity index is 3.03. The molecule has 0 aliphatic carbocycles. The monoisotopic (exact) mass is 187 g/mol. The smallest absolute Gasteiger partial charge is 0.189 e. The molecule has 1 aromatic carbocycles. The molecule has 0 amide bonds. The number of hydrogen-bond acceptors (Lipinski definition) is 1. The van der Waals surface area contributed by atoms with Crippen LogP contribution >= 0.6 is 0 Å². The maximum absolute atomic E-state index is 11.6. The topological polar surface area (TPSA) is 32.9 Å². The summed E-state index contributed by atoms with van der Waals surface area (Å²) in [7, 11) is 0. The Morgan fingerprint density at radius 2 is 1.86 bits per heavy atom.